The topological polar surface area (TPSA) is 48.0 Å². The van der Waals surface area contributed by atoms with Crippen molar-refractivity contribution >= 4 is 27.3 Å². The molecule has 1 aromatic heterocycles. The average molecular weight is 466 g/mol. The Labute approximate surface area is 199 Å². The van der Waals surface area contributed by atoms with Crippen molar-refractivity contribution in [3.63, 3.8) is 0 Å². The van der Waals surface area contributed by atoms with E-state index >= 15 is 0 Å². The summed E-state index contributed by atoms with van der Waals surface area (Å²) in [5.74, 6) is 1.80. The Hall–Kier alpha value is -2.57. The molecule has 0 bridgehead atoms. The first-order valence-corrected chi connectivity index (χ1v) is 12.8. The molecule has 3 heterocycles. The summed E-state index contributed by atoms with van der Waals surface area (Å²) in [6.07, 6.45) is 2.62. The summed E-state index contributed by atoms with van der Waals surface area (Å²) in [7, 11) is 0. The number of benzene rings is 2. The normalized spacial score (nSPS) is 18.3. The number of carbonyl (C=O) groups excluding carboxylic acids is 1. The van der Waals surface area contributed by atoms with Crippen molar-refractivity contribution in [2.24, 2.45) is 5.92 Å². The van der Waals surface area contributed by atoms with Gasteiger partial charge in [-0.3, -0.25) is 4.79 Å². The molecule has 0 spiro atoms. The fraction of sp³-hybridized carbons (Fsp3) is 0.444. The number of thiophene rings is 1. The molecular weight excluding hydrogens is 434 g/mol. The zero-order valence-electron chi connectivity index (χ0n) is 19.3. The van der Waals surface area contributed by atoms with Gasteiger partial charge in [0.05, 0.1) is 19.8 Å². The molecule has 1 saturated heterocycles. The van der Waals surface area contributed by atoms with Crippen LogP contribution in [0.15, 0.2) is 41.8 Å². The molecule has 5 nitrogen and oxygen atoms in total. The van der Waals surface area contributed by atoms with E-state index in [1.807, 2.05) is 4.90 Å². The van der Waals surface area contributed by atoms with Crippen LogP contribution in [0.2, 0.25) is 0 Å². The van der Waals surface area contributed by atoms with E-state index in [2.05, 4.69) is 55.6 Å². The summed E-state index contributed by atoms with van der Waals surface area (Å²) >= 11 is 1.75. The minimum Gasteiger partial charge on any atom is -0.487 e. The van der Waals surface area contributed by atoms with Gasteiger partial charge in [-0.1, -0.05) is 32.0 Å². The maximum absolute atomic E-state index is 13.2. The Balaban J connectivity index is 1.57. The zero-order valence-corrected chi connectivity index (χ0v) is 20.2. The fourth-order valence-corrected chi connectivity index (χ4v) is 5.77. The second-order valence-electron chi connectivity index (χ2n) is 8.83. The molecule has 33 heavy (non-hydrogen) atoms. The first-order chi connectivity index (χ1) is 16.2. The van der Waals surface area contributed by atoms with Gasteiger partial charge in [-0.25, -0.2) is 0 Å². The van der Waals surface area contributed by atoms with Gasteiger partial charge in [-0.05, 0) is 42.0 Å². The number of carbonyl (C=O) groups is 1. The van der Waals surface area contributed by atoms with Crippen molar-refractivity contribution in [2.45, 2.75) is 45.8 Å². The lowest BCUT2D eigenvalue weighted by Gasteiger charge is -2.24. The van der Waals surface area contributed by atoms with Crippen LogP contribution in [-0.2, 0) is 16.1 Å². The van der Waals surface area contributed by atoms with Gasteiger partial charge in [0.2, 0.25) is 5.91 Å². The lowest BCUT2D eigenvalue weighted by molar-refractivity contribution is -0.136. The largest absolute Gasteiger partial charge is 0.487 e. The number of nitrogens with zero attached hydrogens (tertiary/aromatic N) is 1. The smallest absolute Gasteiger partial charge is 0.226 e. The molecule has 0 saturated carbocycles. The number of amides is 1. The SMILES string of the molecule is CCC(CC)C(=O)N1CCOc2c(cc(-c3csc4ccccc34)cc2O[C@H]2CCOC2)C1. The molecule has 5 rings (SSSR count). The van der Waals surface area contributed by atoms with E-state index in [9.17, 15) is 4.79 Å². The Morgan fingerprint density at radius 3 is 2.85 bits per heavy atom. The third-order valence-corrected chi connectivity index (χ3v) is 7.68. The molecule has 0 unspecified atom stereocenters. The lowest BCUT2D eigenvalue weighted by Crippen LogP contribution is -2.36. The van der Waals surface area contributed by atoms with Gasteiger partial charge < -0.3 is 19.1 Å². The van der Waals surface area contributed by atoms with Crippen LogP contribution in [0.3, 0.4) is 0 Å². The third kappa shape index (κ3) is 4.46. The summed E-state index contributed by atoms with van der Waals surface area (Å²) in [6.45, 7) is 7.09. The minimum atomic E-state index is 0.0257. The van der Waals surface area contributed by atoms with Gasteiger partial charge in [0.1, 0.15) is 12.7 Å². The van der Waals surface area contributed by atoms with E-state index in [0.717, 1.165) is 48.5 Å². The van der Waals surface area contributed by atoms with Gasteiger partial charge in [0, 0.05) is 40.1 Å². The molecule has 1 amide bonds. The highest BCUT2D eigenvalue weighted by Gasteiger charge is 2.28. The zero-order chi connectivity index (χ0) is 22.8. The first-order valence-electron chi connectivity index (χ1n) is 12.0. The highest BCUT2D eigenvalue weighted by Crippen LogP contribution is 2.42. The maximum atomic E-state index is 13.2. The number of rotatable bonds is 6. The molecule has 1 atom stereocenters. The summed E-state index contributed by atoms with van der Waals surface area (Å²) in [6, 6.07) is 12.7. The highest BCUT2D eigenvalue weighted by molar-refractivity contribution is 7.17. The molecular formula is C27H31NO4S. The van der Waals surface area contributed by atoms with Crippen LogP contribution in [-0.4, -0.2) is 43.3 Å². The van der Waals surface area contributed by atoms with Crippen LogP contribution < -0.4 is 9.47 Å². The summed E-state index contributed by atoms with van der Waals surface area (Å²) in [5.41, 5.74) is 3.29. The molecule has 2 aromatic carbocycles. The van der Waals surface area contributed by atoms with E-state index < -0.39 is 0 Å². The molecule has 1 fully saturated rings. The van der Waals surface area contributed by atoms with Crippen LogP contribution in [0.4, 0.5) is 0 Å². The Kier molecular flexibility index (Phi) is 6.56. The van der Waals surface area contributed by atoms with Gasteiger partial charge in [-0.15, -0.1) is 11.3 Å². The van der Waals surface area contributed by atoms with E-state index in [1.165, 1.54) is 15.6 Å². The number of hydrogen-bond acceptors (Lipinski definition) is 5. The van der Waals surface area contributed by atoms with E-state index in [0.29, 0.717) is 26.3 Å². The second-order valence-corrected chi connectivity index (χ2v) is 9.74. The predicted molar refractivity (Wildman–Crippen MR) is 132 cm³/mol. The third-order valence-electron chi connectivity index (χ3n) is 6.72. The molecule has 0 radical (unpaired) electrons. The molecule has 3 aromatic rings. The van der Waals surface area contributed by atoms with Crippen molar-refractivity contribution in [3.8, 4) is 22.6 Å². The van der Waals surface area contributed by atoms with Crippen LogP contribution >= 0.6 is 11.3 Å². The summed E-state index contributed by atoms with van der Waals surface area (Å²) < 4.78 is 19.4. The molecule has 2 aliphatic heterocycles. The lowest BCUT2D eigenvalue weighted by atomic mass is 9.99. The van der Waals surface area contributed by atoms with E-state index in [1.54, 1.807) is 11.3 Å². The number of fused-ring (bicyclic) bond motifs is 2. The van der Waals surface area contributed by atoms with Crippen LogP contribution in [0.5, 0.6) is 11.5 Å². The van der Waals surface area contributed by atoms with Crippen molar-refractivity contribution in [3.05, 3.63) is 47.3 Å². The van der Waals surface area contributed by atoms with Gasteiger partial charge in [-0.2, -0.15) is 0 Å². The molecule has 174 valence electrons. The Morgan fingerprint density at radius 2 is 2.06 bits per heavy atom. The van der Waals surface area contributed by atoms with Gasteiger partial charge >= 0.3 is 0 Å². The molecule has 6 heteroatoms. The number of hydrogen-bond donors (Lipinski definition) is 0. The molecule has 0 N–H and O–H groups in total. The van der Waals surface area contributed by atoms with Crippen molar-refractivity contribution in [2.75, 3.05) is 26.4 Å². The predicted octanol–water partition coefficient (Wildman–Crippen LogP) is 5.89. The Bertz CT molecular complexity index is 1130. The van der Waals surface area contributed by atoms with E-state index in [4.69, 9.17) is 14.2 Å². The van der Waals surface area contributed by atoms with Crippen LogP contribution in [0, 0.1) is 5.92 Å². The molecule has 2 aliphatic rings. The summed E-state index contributed by atoms with van der Waals surface area (Å²) in [4.78, 5) is 15.2. The standard InChI is InChI=1S/C27H31NO4S/c1-3-18(4-2)27(29)28-10-12-31-26-20(15-28)13-19(14-24(26)32-21-9-11-30-16-21)23-17-33-25-8-6-5-7-22(23)25/h5-8,13-14,17-18,21H,3-4,9-12,15-16H2,1-2H3/t21-/m0/s1. The summed E-state index contributed by atoms with van der Waals surface area (Å²) in [5, 5.41) is 3.44. The van der Waals surface area contributed by atoms with Crippen LogP contribution in [0.1, 0.15) is 38.7 Å². The maximum Gasteiger partial charge on any atom is 0.226 e. The number of ether oxygens (including phenoxy) is 3. The second kappa shape index (κ2) is 9.74. The molecule has 0 aliphatic carbocycles. The average Bonchev–Trinajstić information content (AvgIpc) is 3.45. The van der Waals surface area contributed by atoms with Crippen LogP contribution in [0.25, 0.3) is 21.2 Å². The Morgan fingerprint density at radius 1 is 1.21 bits per heavy atom. The quantitative estimate of drug-likeness (QED) is 0.455. The van der Waals surface area contributed by atoms with Gasteiger partial charge in [0.25, 0.3) is 0 Å². The van der Waals surface area contributed by atoms with Crippen molar-refractivity contribution in [1.82, 2.24) is 4.90 Å². The van der Waals surface area contributed by atoms with Gasteiger partial charge in [0.15, 0.2) is 11.5 Å². The monoisotopic (exact) mass is 465 g/mol. The van der Waals surface area contributed by atoms with Crippen molar-refractivity contribution in [1.29, 1.82) is 0 Å². The van der Waals surface area contributed by atoms with E-state index in [-0.39, 0.29) is 17.9 Å². The minimum absolute atomic E-state index is 0.0257. The van der Waals surface area contributed by atoms with Crippen molar-refractivity contribution < 1.29 is 19.0 Å². The highest BCUT2D eigenvalue weighted by atomic mass is 32.1. The first kappa shape index (κ1) is 22.2. The fourth-order valence-electron chi connectivity index (χ4n) is 4.80.